The standard InChI is InChI=1S/C10H11N3O/c1-13-6-9(12-8-13)7-14-10-3-2-4-11-5-10/h2-6,8H,7H2,1H3. The molecule has 0 N–H and O–H groups in total. The zero-order valence-electron chi connectivity index (χ0n) is 7.92. The molecule has 2 aromatic rings. The van der Waals surface area contributed by atoms with E-state index in [0.717, 1.165) is 11.4 Å². The molecular weight excluding hydrogens is 178 g/mol. The lowest BCUT2D eigenvalue weighted by atomic mass is 10.4. The molecule has 0 bridgehead atoms. The van der Waals surface area contributed by atoms with Gasteiger partial charge in [-0.25, -0.2) is 4.98 Å². The number of nitrogens with zero attached hydrogens (tertiary/aromatic N) is 3. The SMILES string of the molecule is Cn1cnc(COc2cccnc2)c1. The first-order chi connectivity index (χ1) is 6.84. The van der Waals surface area contributed by atoms with E-state index >= 15 is 0 Å². The van der Waals surface area contributed by atoms with Crippen LogP contribution in [-0.4, -0.2) is 14.5 Å². The molecule has 4 heteroatoms. The van der Waals surface area contributed by atoms with Crippen LogP contribution in [-0.2, 0) is 13.7 Å². The molecule has 2 rings (SSSR count). The highest BCUT2D eigenvalue weighted by Crippen LogP contribution is 2.08. The molecule has 0 atom stereocenters. The lowest BCUT2D eigenvalue weighted by Crippen LogP contribution is -1.95. The molecular formula is C10H11N3O. The van der Waals surface area contributed by atoms with Gasteiger partial charge in [-0.2, -0.15) is 0 Å². The largest absolute Gasteiger partial charge is 0.486 e. The van der Waals surface area contributed by atoms with Gasteiger partial charge in [0.2, 0.25) is 0 Å². The third kappa shape index (κ3) is 2.10. The van der Waals surface area contributed by atoms with Gasteiger partial charge >= 0.3 is 0 Å². The second kappa shape index (κ2) is 3.91. The van der Waals surface area contributed by atoms with Crippen molar-refractivity contribution in [3.8, 4) is 5.75 Å². The van der Waals surface area contributed by atoms with Crippen LogP contribution < -0.4 is 4.74 Å². The van der Waals surface area contributed by atoms with Crippen molar-refractivity contribution in [2.75, 3.05) is 0 Å². The lowest BCUT2D eigenvalue weighted by Gasteiger charge is -2.01. The maximum atomic E-state index is 5.47. The van der Waals surface area contributed by atoms with Crippen molar-refractivity contribution in [3.05, 3.63) is 42.7 Å². The van der Waals surface area contributed by atoms with Crippen molar-refractivity contribution in [1.29, 1.82) is 0 Å². The summed E-state index contributed by atoms with van der Waals surface area (Å²) >= 11 is 0. The van der Waals surface area contributed by atoms with E-state index in [0.29, 0.717) is 6.61 Å². The third-order valence-electron chi connectivity index (χ3n) is 1.78. The maximum absolute atomic E-state index is 5.47. The monoisotopic (exact) mass is 189 g/mol. The summed E-state index contributed by atoms with van der Waals surface area (Å²) in [6.45, 7) is 0.479. The van der Waals surface area contributed by atoms with Crippen molar-refractivity contribution in [2.24, 2.45) is 7.05 Å². The van der Waals surface area contributed by atoms with Crippen LogP contribution in [0.5, 0.6) is 5.75 Å². The third-order valence-corrected chi connectivity index (χ3v) is 1.78. The molecule has 0 aliphatic rings. The van der Waals surface area contributed by atoms with E-state index in [1.54, 1.807) is 18.7 Å². The van der Waals surface area contributed by atoms with Crippen LogP contribution >= 0.6 is 0 Å². The Morgan fingerprint density at radius 1 is 1.50 bits per heavy atom. The number of imidazole rings is 1. The van der Waals surface area contributed by atoms with Gasteiger partial charge in [-0.1, -0.05) is 0 Å². The van der Waals surface area contributed by atoms with E-state index in [9.17, 15) is 0 Å². The van der Waals surface area contributed by atoms with E-state index in [4.69, 9.17) is 4.74 Å². The Hall–Kier alpha value is -1.84. The second-order valence-corrected chi connectivity index (χ2v) is 3.01. The van der Waals surface area contributed by atoms with E-state index in [2.05, 4.69) is 9.97 Å². The van der Waals surface area contributed by atoms with Gasteiger partial charge in [0.25, 0.3) is 0 Å². The molecule has 0 aromatic carbocycles. The van der Waals surface area contributed by atoms with Crippen LogP contribution in [0.1, 0.15) is 5.69 Å². The molecule has 0 spiro atoms. The minimum absolute atomic E-state index is 0.479. The van der Waals surface area contributed by atoms with Gasteiger partial charge in [-0.3, -0.25) is 4.98 Å². The van der Waals surface area contributed by atoms with Crippen LogP contribution in [0.3, 0.4) is 0 Å². The lowest BCUT2D eigenvalue weighted by molar-refractivity contribution is 0.300. The van der Waals surface area contributed by atoms with Gasteiger partial charge in [-0.15, -0.1) is 0 Å². The fraction of sp³-hybridized carbons (Fsp3) is 0.200. The summed E-state index contributed by atoms with van der Waals surface area (Å²) in [4.78, 5) is 8.10. The molecule has 0 aliphatic heterocycles. The highest BCUT2D eigenvalue weighted by Gasteiger charge is 1.97. The Morgan fingerprint density at radius 2 is 2.43 bits per heavy atom. The summed E-state index contributed by atoms with van der Waals surface area (Å²) in [7, 11) is 1.93. The van der Waals surface area contributed by atoms with Crippen molar-refractivity contribution >= 4 is 0 Å². The maximum Gasteiger partial charge on any atom is 0.138 e. The predicted molar refractivity (Wildman–Crippen MR) is 51.8 cm³/mol. The zero-order chi connectivity index (χ0) is 9.80. The van der Waals surface area contributed by atoms with Gasteiger partial charge in [0.05, 0.1) is 18.2 Å². The van der Waals surface area contributed by atoms with Crippen LogP contribution in [0, 0.1) is 0 Å². The Balaban J connectivity index is 1.95. The minimum atomic E-state index is 0.479. The fourth-order valence-corrected chi connectivity index (χ4v) is 1.13. The first kappa shape index (κ1) is 8.74. The van der Waals surface area contributed by atoms with Crippen molar-refractivity contribution in [1.82, 2.24) is 14.5 Å². The van der Waals surface area contributed by atoms with Gasteiger partial charge in [0, 0.05) is 19.4 Å². The highest BCUT2D eigenvalue weighted by molar-refractivity contribution is 5.15. The summed E-state index contributed by atoms with van der Waals surface area (Å²) in [5.74, 6) is 0.762. The first-order valence-corrected chi connectivity index (χ1v) is 4.34. The number of aryl methyl sites for hydroxylation is 1. The molecule has 4 nitrogen and oxygen atoms in total. The molecule has 72 valence electrons. The molecule has 0 unspecified atom stereocenters. The summed E-state index contributed by atoms with van der Waals surface area (Å²) in [6, 6.07) is 3.71. The van der Waals surface area contributed by atoms with Crippen LogP contribution in [0.4, 0.5) is 0 Å². The van der Waals surface area contributed by atoms with Crippen molar-refractivity contribution < 1.29 is 4.74 Å². The summed E-state index contributed by atoms with van der Waals surface area (Å²) < 4.78 is 7.36. The number of hydrogen-bond acceptors (Lipinski definition) is 3. The molecule has 0 amide bonds. The second-order valence-electron chi connectivity index (χ2n) is 3.01. The van der Waals surface area contributed by atoms with Crippen LogP contribution in [0.2, 0.25) is 0 Å². The number of pyridine rings is 1. The van der Waals surface area contributed by atoms with E-state index in [1.807, 2.05) is 29.9 Å². The van der Waals surface area contributed by atoms with E-state index in [-0.39, 0.29) is 0 Å². The van der Waals surface area contributed by atoms with Crippen molar-refractivity contribution in [3.63, 3.8) is 0 Å². The fourth-order valence-electron chi connectivity index (χ4n) is 1.13. The smallest absolute Gasteiger partial charge is 0.138 e. The molecule has 0 fully saturated rings. The number of hydrogen-bond donors (Lipinski definition) is 0. The minimum Gasteiger partial charge on any atom is -0.486 e. The molecule has 2 aromatic heterocycles. The molecule has 14 heavy (non-hydrogen) atoms. The van der Waals surface area contributed by atoms with Gasteiger partial charge in [0.15, 0.2) is 0 Å². The van der Waals surface area contributed by atoms with Gasteiger partial charge < -0.3 is 9.30 Å². The topological polar surface area (TPSA) is 39.9 Å². The van der Waals surface area contributed by atoms with Gasteiger partial charge in [0.1, 0.15) is 12.4 Å². The van der Waals surface area contributed by atoms with Crippen LogP contribution in [0.15, 0.2) is 37.1 Å². The predicted octanol–water partition coefficient (Wildman–Crippen LogP) is 1.39. The quantitative estimate of drug-likeness (QED) is 0.732. The number of ether oxygens (including phenoxy) is 1. The summed E-state index contributed by atoms with van der Waals surface area (Å²) in [6.07, 6.45) is 7.08. The summed E-state index contributed by atoms with van der Waals surface area (Å²) in [5, 5.41) is 0. The Labute approximate surface area is 82.2 Å². The molecule has 0 aliphatic carbocycles. The number of aromatic nitrogens is 3. The zero-order valence-corrected chi connectivity index (χ0v) is 7.92. The average Bonchev–Trinajstić information content (AvgIpc) is 2.63. The highest BCUT2D eigenvalue weighted by atomic mass is 16.5. The Morgan fingerprint density at radius 3 is 3.07 bits per heavy atom. The van der Waals surface area contributed by atoms with Crippen molar-refractivity contribution in [2.45, 2.75) is 6.61 Å². The first-order valence-electron chi connectivity index (χ1n) is 4.34. The molecule has 2 heterocycles. The Kier molecular flexibility index (Phi) is 2.44. The normalized spacial score (nSPS) is 10.1. The molecule has 0 radical (unpaired) electrons. The van der Waals surface area contributed by atoms with Crippen LogP contribution in [0.25, 0.3) is 0 Å². The van der Waals surface area contributed by atoms with E-state index < -0.39 is 0 Å². The molecule has 0 saturated carbocycles. The molecule has 0 saturated heterocycles. The number of rotatable bonds is 3. The van der Waals surface area contributed by atoms with E-state index in [1.165, 1.54) is 0 Å². The van der Waals surface area contributed by atoms with Gasteiger partial charge in [-0.05, 0) is 12.1 Å². The summed E-state index contributed by atoms with van der Waals surface area (Å²) in [5.41, 5.74) is 0.913. The Bertz CT molecular complexity index is 397. The average molecular weight is 189 g/mol.